The summed E-state index contributed by atoms with van der Waals surface area (Å²) in [7, 11) is 1.43. The Kier molecular flexibility index (Phi) is 3.28. The fraction of sp³-hybridized carbons (Fsp3) is 0.143. The first-order valence-electron chi connectivity index (χ1n) is 3.23. The van der Waals surface area contributed by atoms with Crippen LogP contribution in [0, 0.1) is 6.92 Å². The van der Waals surface area contributed by atoms with Crippen molar-refractivity contribution in [2.24, 2.45) is 0 Å². The summed E-state index contributed by atoms with van der Waals surface area (Å²) in [5.74, 6) is 0. The molecular formula is C7H5BrCl2O2S. The summed E-state index contributed by atoms with van der Waals surface area (Å²) in [5.41, 5.74) is 0.516. The Balaban J connectivity index is 3.62. The number of hydrogen-bond donors (Lipinski definition) is 0. The van der Waals surface area contributed by atoms with Gasteiger partial charge in [0.15, 0.2) is 0 Å². The molecule has 0 atom stereocenters. The molecular weight excluding hydrogens is 299 g/mol. The van der Waals surface area contributed by atoms with Gasteiger partial charge < -0.3 is 0 Å². The van der Waals surface area contributed by atoms with Crippen molar-refractivity contribution in [2.75, 3.05) is 0 Å². The predicted octanol–water partition coefficient (Wildman–Crippen LogP) is 3.34. The van der Waals surface area contributed by atoms with Crippen molar-refractivity contribution in [3.63, 3.8) is 0 Å². The Morgan fingerprint density at radius 3 is 2.31 bits per heavy atom. The van der Waals surface area contributed by atoms with E-state index in [4.69, 9.17) is 22.3 Å². The molecule has 13 heavy (non-hydrogen) atoms. The molecule has 0 amide bonds. The molecule has 0 aliphatic heterocycles. The number of hydrogen-bond acceptors (Lipinski definition) is 2. The van der Waals surface area contributed by atoms with E-state index >= 15 is 0 Å². The van der Waals surface area contributed by atoms with Crippen LogP contribution in [0.25, 0.3) is 0 Å². The highest BCUT2D eigenvalue weighted by molar-refractivity contribution is 9.10. The van der Waals surface area contributed by atoms with Crippen LogP contribution in [0.4, 0.5) is 0 Å². The van der Waals surface area contributed by atoms with Crippen LogP contribution in [0.3, 0.4) is 0 Å². The van der Waals surface area contributed by atoms with Gasteiger partial charge in [-0.3, -0.25) is 0 Å². The third-order valence-electron chi connectivity index (χ3n) is 1.54. The van der Waals surface area contributed by atoms with Crippen molar-refractivity contribution in [3.8, 4) is 0 Å². The van der Waals surface area contributed by atoms with Crippen molar-refractivity contribution in [1.82, 2.24) is 0 Å². The molecule has 0 aliphatic carbocycles. The minimum absolute atomic E-state index is 0.0368. The van der Waals surface area contributed by atoms with Crippen LogP contribution < -0.4 is 0 Å². The second-order valence-corrected chi connectivity index (χ2v) is 6.19. The molecule has 0 aliphatic rings. The number of halogens is 3. The van der Waals surface area contributed by atoms with Gasteiger partial charge in [0, 0.05) is 15.2 Å². The molecule has 0 heterocycles. The van der Waals surface area contributed by atoms with Gasteiger partial charge in [-0.2, -0.15) is 0 Å². The summed E-state index contributed by atoms with van der Waals surface area (Å²) in [6, 6.07) is 3.15. The fourth-order valence-electron chi connectivity index (χ4n) is 0.934. The van der Waals surface area contributed by atoms with Gasteiger partial charge in [0.05, 0.1) is 5.02 Å². The molecule has 0 radical (unpaired) electrons. The summed E-state index contributed by atoms with van der Waals surface area (Å²) in [6.45, 7) is 1.63. The van der Waals surface area contributed by atoms with Crippen LogP contribution in [-0.2, 0) is 9.05 Å². The number of rotatable bonds is 1. The monoisotopic (exact) mass is 302 g/mol. The average Bonchev–Trinajstić information content (AvgIpc) is 1.95. The van der Waals surface area contributed by atoms with E-state index in [2.05, 4.69) is 15.9 Å². The molecule has 0 N–H and O–H groups in total. The van der Waals surface area contributed by atoms with Crippen LogP contribution >= 0.6 is 38.2 Å². The zero-order valence-corrected chi connectivity index (χ0v) is 10.4. The smallest absolute Gasteiger partial charge is 0.207 e. The highest BCUT2D eigenvalue weighted by Crippen LogP contribution is 2.32. The Bertz CT molecular complexity index is 442. The zero-order valence-electron chi connectivity index (χ0n) is 6.51. The molecule has 0 bridgehead atoms. The average molecular weight is 304 g/mol. The van der Waals surface area contributed by atoms with Gasteiger partial charge in [-0.05, 0) is 24.6 Å². The van der Waals surface area contributed by atoms with Gasteiger partial charge >= 0.3 is 0 Å². The Hall–Kier alpha value is 0.230. The normalized spacial score (nSPS) is 11.7. The van der Waals surface area contributed by atoms with Crippen LogP contribution in [0.15, 0.2) is 21.5 Å². The quantitative estimate of drug-likeness (QED) is 0.746. The van der Waals surface area contributed by atoms with Crippen molar-refractivity contribution < 1.29 is 8.42 Å². The lowest BCUT2D eigenvalue weighted by molar-refractivity contribution is 0.609. The molecule has 0 fully saturated rings. The standard InChI is InChI=1S/C7H5BrCl2O2S/c1-4-5(8)2-3-6(9)7(4)13(10,11)12/h2-3H,1H3. The lowest BCUT2D eigenvalue weighted by Crippen LogP contribution is -1.96. The minimum atomic E-state index is -3.78. The second-order valence-electron chi connectivity index (χ2n) is 2.42. The summed E-state index contributed by atoms with van der Waals surface area (Å²) in [6.07, 6.45) is 0. The molecule has 6 heteroatoms. The topological polar surface area (TPSA) is 34.1 Å². The van der Waals surface area contributed by atoms with Gasteiger partial charge in [-0.25, -0.2) is 8.42 Å². The molecule has 2 nitrogen and oxygen atoms in total. The van der Waals surface area contributed by atoms with Gasteiger partial charge in [0.1, 0.15) is 4.90 Å². The maximum absolute atomic E-state index is 11.1. The second kappa shape index (κ2) is 3.77. The lowest BCUT2D eigenvalue weighted by atomic mass is 10.2. The first kappa shape index (κ1) is 11.3. The van der Waals surface area contributed by atoms with Gasteiger partial charge in [0.2, 0.25) is 0 Å². The maximum atomic E-state index is 11.1. The summed E-state index contributed by atoms with van der Waals surface area (Å²) >= 11 is 8.89. The van der Waals surface area contributed by atoms with Crippen molar-refractivity contribution in [2.45, 2.75) is 11.8 Å². The van der Waals surface area contributed by atoms with E-state index in [1.165, 1.54) is 6.07 Å². The molecule has 1 aromatic rings. The van der Waals surface area contributed by atoms with E-state index in [9.17, 15) is 8.42 Å². The number of benzene rings is 1. The summed E-state index contributed by atoms with van der Waals surface area (Å²) in [4.78, 5) is -0.0368. The van der Waals surface area contributed by atoms with Gasteiger partial charge in [-0.1, -0.05) is 27.5 Å². The van der Waals surface area contributed by atoms with E-state index in [1.54, 1.807) is 13.0 Å². The van der Waals surface area contributed by atoms with E-state index in [0.717, 1.165) is 0 Å². The highest BCUT2D eigenvalue weighted by atomic mass is 79.9. The molecule has 0 spiro atoms. The Labute approximate surface area is 94.4 Å². The fourth-order valence-corrected chi connectivity index (χ4v) is 3.40. The SMILES string of the molecule is Cc1c(Br)ccc(Cl)c1S(=O)(=O)Cl. The first-order valence-corrected chi connectivity index (χ1v) is 6.71. The van der Waals surface area contributed by atoms with E-state index < -0.39 is 9.05 Å². The molecule has 0 saturated heterocycles. The third kappa shape index (κ3) is 2.37. The lowest BCUT2D eigenvalue weighted by Gasteiger charge is -2.05. The molecule has 0 unspecified atom stereocenters. The molecule has 0 saturated carbocycles. The van der Waals surface area contributed by atoms with Crippen LogP contribution in [0.2, 0.25) is 5.02 Å². The van der Waals surface area contributed by atoms with E-state index in [-0.39, 0.29) is 9.92 Å². The van der Waals surface area contributed by atoms with Crippen molar-refractivity contribution in [1.29, 1.82) is 0 Å². The van der Waals surface area contributed by atoms with Crippen LogP contribution in [-0.4, -0.2) is 8.42 Å². The summed E-state index contributed by atoms with van der Waals surface area (Å²) < 4.78 is 22.8. The largest absolute Gasteiger partial charge is 0.263 e. The predicted molar refractivity (Wildman–Crippen MR) is 56.9 cm³/mol. The van der Waals surface area contributed by atoms with E-state index in [0.29, 0.717) is 10.0 Å². The zero-order chi connectivity index (χ0) is 10.2. The van der Waals surface area contributed by atoms with Crippen molar-refractivity contribution >= 4 is 47.3 Å². The van der Waals surface area contributed by atoms with E-state index in [1.807, 2.05) is 0 Å². The molecule has 1 rings (SSSR count). The minimum Gasteiger partial charge on any atom is -0.207 e. The van der Waals surface area contributed by atoms with Crippen molar-refractivity contribution in [3.05, 3.63) is 27.2 Å². The Morgan fingerprint density at radius 1 is 1.38 bits per heavy atom. The Morgan fingerprint density at radius 2 is 1.92 bits per heavy atom. The third-order valence-corrected chi connectivity index (χ3v) is 4.30. The first-order chi connectivity index (χ1) is 5.84. The van der Waals surface area contributed by atoms with Crippen LogP contribution in [0.1, 0.15) is 5.56 Å². The molecule has 0 aromatic heterocycles. The summed E-state index contributed by atoms with van der Waals surface area (Å²) in [5, 5.41) is 0.135. The highest BCUT2D eigenvalue weighted by Gasteiger charge is 2.19. The van der Waals surface area contributed by atoms with Gasteiger partial charge in [0.25, 0.3) is 9.05 Å². The van der Waals surface area contributed by atoms with Crippen LogP contribution in [0.5, 0.6) is 0 Å². The maximum Gasteiger partial charge on any atom is 0.263 e. The molecule has 72 valence electrons. The molecule has 1 aromatic carbocycles. The van der Waals surface area contributed by atoms with Gasteiger partial charge in [-0.15, -0.1) is 0 Å².